The molecule has 0 aliphatic rings. The van der Waals surface area contributed by atoms with E-state index in [4.69, 9.17) is 17.3 Å². The fraction of sp³-hybridized carbons (Fsp3) is 0.538. The zero-order valence-corrected chi connectivity index (χ0v) is 13.3. The second-order valence-electron chi connectivity index (χ2n) is 4.85. The van der Waals surface area contributed by atoms with Gasteiger partial charge in [-0.25, -0.2) is 8.42 Å². The zero-order valence-electron chi connectivity index (χ0n) is 11.8. The Kier molecular flexibility index (Phi) is 5.24. The van der Waals surface area contributed by atoms with Gasteiger partial charge in [-0.15, -0.1) is 0 Å². The Hall–Kier alpha value is -0.780. The molecule has 19 heavy (non-hydrogen) atoms. The van der Waals surface area contributed by atoms with Crippen LogP contribution in [0.3, 0.4) is 0 Å². The van der Waals surface area contributed by atoms with Crippen molar-refractivity contribution in [3.8, 4) is 0 Å². The summed E-state index contributed by atoms with van der Waals surface area (Å²) in [5.74, 6) is 0. The molecule has 2 N–H and O–H groups in total. The first-order chi connectivity index (χ1) is 8.71. The van der Waals surface area contributed by atoms with E-state index in [1.807, 2.05) is 20.8 Å². The van der Waals surface area contributed by atoms with Gasteiger partial charge in [0.05, 0.1) is 15.6 Å². The van der Waals surface area contributed by atoms with Crippen LogP contribution in [0.1, 0.15) is 32.8 Å². The second kappa shape index (κ2) is 6.11. The van der Waals surface area contributed by atoms with Gasteiger partial charge >= 0.3 is 0 Å². The number of nitrogen functional groups attached to an aromatic ring is 1. The smallest absolute Gasteiger partial charge is 0.243 e. The predicted octanol–water partition coefficient (Wildman–Crippen LogP) is 3.04. The third-order valence-corrected chi connectivity index (χ3v) is 5.45. The predicted molar refractivity (Wildman–Crippen MR) is 79.9 cm³/mol. The van der Waals surface area contributed by atoms with Crippen molar-refractivity contribution in [2.45, 2.75) is 45.1 Å². The van der Waals surface area contributed by atoms with Crippen molar-refractivity contribution in [2.75, 3.05) is 12.3 Å². The third-order valence-electron chi connectivity index (χ3n) is 2.88. The molecule has 0 unspecified atom stereocenters. The number of benzene rings is 1. The van der Waals surface area contributed by atoms with Crippen molar-refractivity contribution in [3.63, 3.8) is 0 Å². The lowest BCUT2D eigenvalue weighted by atomic mass is 10.2. The van der Waals surface area contributed by atoms with Gasteiger partial charge in [0.1, 0.15) is 0 Å². The normalized spacial score (nSPS) is 12.4. The molecule has 0 fully saturated rings. The third kappa shape index (κ3) is 3.41. The van der Waals surface area contributed by atoms with Gasteiger partial charge in [-0.05, 0) is 44.9 Å². The molecule has 0 amide bonds. The second-order valence-corrected chi connectivity index (χ2v) is 7.12. The monoisotopic (exact) mass is 304 g/mol. The van der Waals surface area contributed by atoms with Crippen LogP contribution in [0.15, 0.2) is 17.0 Å². The Morgan fingerprint density at radius 1 is 1.37 bits per heavy atom. The van der Waals surface area contributed by atoms with Crippen molar-refractivity contribution in [1.82, 2.24) is 4.31 Å². The highest BCUT2D eigenvalue weighted by Crippen LogP contribution is 2.29. The number of nitrogens with two attached hydrogens (primary N) is 1. The summed E-state index contributed by atoms with van der Waals surface area (Å²) in [4.78, 5) is 0.203. The van der Waals surface area contributed by atoms with Crippen LogP contribution in [0.5, 0.6) is 0 Å². The molecule has 1 rings (SSSR count). The number of nitrogens with zero attached hydrogens (tertiary/aromatic N) is 1. The van der Waals surface area contributed by atoms with Crippen LogP contribution >= 0.6 is 11.6 Å². The average molecular weight is 305 g/mol. The van der Waals surface area contributed by atoms with E-state index in [0.717, 1.165) is 6.42 Å². The number of aryl methyl sites for hydroxylation is 1. The molecule has 4 nitrogen and oxygen atoms in total. The SMILES string of the molecule is CCCN(C(C)C)S(=O)(=O)c1cc(C)c(Cl)c(N)c1. The summed E-state index contributed by atoms with van der Waals surface area (Å²) >= 11 is 5.97. The van der Waals surface area contributed by atoms with E-state index in [-0.39, 0.29) is 10.9 Å². The molecule has 0 radical (unpaired) electrons. The van der Waals surface area contributed by atoms with E-state index in [1.165, 1.54) is 10.4 Å². The van der Waals surface area contributed by atoms with Crippen LogP contribution in [0.2, 0.25) is 5.02 Å². The first-order valence-corrected chi connectivity index (χ1v) is 8.11. The van der Waals surface area contributed by atoms with Gasteiger partial charge in [-0.3, -0.25) is 0 Å². The molecule has 0 aliphatic heterocycles. The molecule has 108 valence electrons. The summed E-state index contributed by atoms with van der Waals surface area (Å²) in [7, 11) is -3.53. The average Bonchev–Trinajstić information content (AvgIpc) is 2.31. The van der Waals surface area contributed by atoms with Crippen LogP contribution in [-0.4, -0.2) is 25.3 Å². The molecule has 0 heterocycles. The zero-order chi connectivity index (χ0) is 14.8. The first kappa shape index (κ1) is 16.3. The molecule has 0 spiro atoms. The number of hydrogen-bond donors (Lipinski definition) is 1. The maximum atomic E-state index is 12.6. The van der Waals surface area contributed by atoms with Gasteiger partial charge in [0.2, 0.25) is 10.0 Å². The van der Waals surface area contributed by atoms with Crippen LogP contribution in [-0.2, 0) is 10.0 Å². The molecule has 1 aromatic carbocycles. The summed E-state index contributed by atoms with van der Waals surface area (Å²) in [5.41, 5.74) is 6.71. The van der Waals surface area contributed by atoms with E-state index >= 15 is 0 Å². The number of hydrogen-bond acceptors (Lipinski definition) is 3. The Labute approximate surface area is 120 Å². The van der Waals surface area contributed by atoms with Gasteiger partial charge in [0, 0.05) is 12.6 Å². The lowest BCUT2D eigenvalue weighted by molar-refractivity contribution is 0.354. The molecular weight excluding hydrogens is 284 g/mol. The van der Waals surface area contributed by atoms with E-state index in [9.17, 15) is 8.42 Å². The lowest BCUT2D eigenvalue weighted by Crippen LogP contribution is -2.37. The lowest BCUT2D eigenvalue weighted by Gasteiger charge is -2.25. The van der Waals surface area contributed by atoms with Gasteiger partial charge in [0.15, 0.2) is 0 Å². The van der Waals surface area contributed by atoms with Crippen LogP contribution in [0.4, 0.5) is 5.69 Å². The first-order valence-electron chi connectivity index (χ1n) is 6.29. The quantitative estimate of drug-likeness (QED) is 0.850. The van der Waals surface area contributed by atoms with Crippen molar-refractivity contribution < 1.29 is 8.42 Å². The highest BCUT2D eigenvalue weighted by atomic mass is 35.5. The maximum absolute atomic E-state index is 12.6. The highest BCUT2D eigenvalue weighted by Gasteiger charge is 2.27. The molecule has 0 aliphatic carbocycles. The number of rotatable bonds is 5. The Morgan fingerprint density at radius 2 is 1.95 bits per heavy atom. The number of anilines is 1. The van der Waals surface area contributed by atoms with Gasteiger partial charge in [-0.2, -0.15) is 4.31 Å². The summed E-state index contributed by atoms with van der Waals surface area (Å²) in [6.07, 6.45) is 0.763. The fourth-order valence-corrected chi connectivity index (χ4v) is 3.88. The van der Waals surface area contributed by atoms with Crippen molar-refractivity contribution in [3.05, 3.63) is 22.7 Å². The molecule has 6 heteroatoms. The summed E-state index contributed by atoms with van der Waals surface area (Å²) in [6, 6.07) is 2.90. The largest absolute Gasteiger partial charge is 0.397 e. The van der Waals surface area contributed by atoms with E-state index in [2.05, 4.69) is 0 Å². The molecule has 0 bridgehead atoms. The highest BCUT2D eigenvalue weighted by molar-refractivity contribution is 7.89. The fourth-order valence-electron chi connectivity index (χ4n) is 1.92. The Bertz CT molecular complexity index is 533. The number of sulfonamides is 1. The standard InChI is InChI=1S/C13H21ClN2O2S/c1-5-6-16(9(2)3)19(17,18)11-7-10(4)13(14)12(15)8-11/h7-9H,5-6,15H2,1-4H3. The summed E-state index contributed by atoms with van der Waals surface area (Å²) in [6.45, 7) is 7.91. The summed E-state index contributed by atoms with van der Waals surface area (Å²) in [5, 5.41) is 0.408. The van der Waals surface area contributed by atoms with Crippen LogP contribution < -0.4 is 5.73 Å². The minimum atomic E-state index is -3.53. The maximum Gasteiger partial charge on any atom is 0.243 e. The van der Waals surface area contributed by atoms with Gasteiger partial charge < -0.3 is 5.73 Å². The Morgan fingerprint density at radius 3 is 2.37 bits per heavy atom. The van der Waals surface area contributed by atoms with Gasteiger partial charge in [-0.1, -0.05) is 18.5 Å². The number of halogens is 1. The van der Waals surface area contributed by atoms with Crippen molar-refractivity contribution >= 4 is 27.3 Å². The molecule has 0 atom stereocenters. The van der Waals surface area contributed by atoms with E-state index < -0.39 is 10.0 Å². The Balaban J connectivity index is 3.33. The minimum absolute atomic E-state index is 0.0952. The minimum Gasteiger partial charge on any atom is -0.397 e. The molecule has 1 aromatic rings. The molecular formula is C13H21ClN2O2S. The van der Waals surface area contributed by atoms with Crippen LogP contribution in [0.25, 0.3) is 0 Å². The summed E-state index contributed by atoms with van der Waals surface area (Å²) < 4.78 is 26.7. The topological polar surface area (TPSA) is 63.4 Å². The van der Waals surface area contributed by atoms with Crippen LogP contribution in [0, 0.1) is 6.92 Å². The molecule has 0 saturated heterocycles. The van der Waals surface area contributed by atoms with E-state index in [0.29, 0.717) is 22.8 Å². The van der Waals surface area contributed by atoms with Gasteiger partial charge in [0.25, 0.3) is 0 Å². The van der Waals surface area contributed by atoms with Crippen molar-refractivity contribution in [1.29, 1.82) is 0 Å². The molecule has 0 aromatic heterocycles. The van der Waals surface area contributed by atoms with Crippen molar-refractivity contribution in [2.24, 2.45) is 0 Å². The molecule has 0 saturated carbocycles. The van der Waals surface area contributed by atoms with E-state index in [1.54, 1.807) is 13.0 Å².